The number of dihydropyridines is 1. The molecule has 1 unspecified atom stereocenters. The first-order chi connectivity index (χ1) is 13.8. The summed E-state index contributed by atoms with van der Waals surface area (Å²) in [7, 11) is 0. The van der Waals surface area contributed by atoms with Gasteiger partial charge in [0.15, 0.2) is 11.6 Å². The van der Waals surface area contributed by atoms with Crippen LogP contribution in [0.5, 0.6) is 0 Å². The van der Waals surface area contributed by atoms with E-state index in [1.807, 2.05) is 56.5 Å². The van der Waals surface area contributed by atoms with E-state index in [9.17, 15) is 14.9 Å². The number of carbonyl (C=O) groups is 2. The number of nitrogens with one attached hydrogen (secondary N) is 1. The van der Waals surface area contributed by atoms with Gasteiger partial charge in [0.25, 0.3) is 0 Å². The van der Waals surface area contributed by atoms with E-state index in [4.69, 9.17) is 0 Å². The topological polar surface area (TPSA) is 70.0 Å². The van der Waals surface area contributed by atoms with Crippen LogP contribution >= 0.6 is 23.1 Å². The van der Waals surface area contributed by atoms with Crippen LogP contribution in [-0.2, 0) is 4.79 Å². The highest BCUT2D eigenvalue weighted by atomic mass is 32.2. The van der Waals surface area contributed by atoms with Crippen molar-refractivity contribution >= 4 is 34.7 Å². The van der Waals surface area contributed by atoms with E-state index < -0.39 is 5.92 Å². The summed E-state index contributed by atoms with van der Waals surface area (Å²) in [4.78, 5) is 25.9. The summed E-state index contributed by atoms with van der Waals surface area (Å²) in [6.45, 7) is 7.37. The van der Waals surface area contributed by atoms with Gasteiger partial charge in [0.1, 0.15) is 0 Å². The third-order valence-corrected chi connectivity index (χ3v) is 6.99. The lowest BCUT2D eigenvalue weighted by molar-refractivity contribution is -0.113. The quantitative estimate of drug-likeness (QED) is 0.643. The molecule has 0 amide bonds. The smallest absolute Gasteiger partial charge is 0.173 e. The van der Waals surface area contributed by atoms with Crippen molar-refractivity contribution in [1.82, 2.24) is 5.32 Å². The van der Waals surface area contributed by atoms with Crippen molar-refractivity contribution in [2.75, 3.05) is 5.75 Å². The van der Waals surface area contributed by atoms with Crippen molar-refractivity contribution in [1.29, 1.82) is 5.26 Å². The summed E-state index contributed by atoms with van der Waals surface area (Å²) in [5.74, 6) is -0.221. The minimum Gasteiger partial charge on any atom is -0.353 e. The number of hydrogen-bond acceptors (Lipinski definition) is 6. The Morgan fingerprint density at radius 2 is 1.97 bits per heavy atom. The Balaban J connectivity index is 1.90. The summed E-state index contributed by atoms with van der Waals surface area (Å²) >= 11 is 2.84. The maximum Gasteiger partial charge on any atom is 0.173 e. The van der Waals surface area contributed by atoms with Crippen molar-refractivity contribution in [3.05, 3.63) is 79.2 Å². The molecule has 0 aliphatic carbocycles. The lowest BCUT2D eigenvalue weighted by Gasteiger charge is -2.28. The fourth-order valence-corrected chi connectivity index (χ4v) is 5.20. The second kappa shape index (κ2) is 8.81. The first-order valence-corrected chi connectivity index (χ1v) is 11.1. The maximum atomic E-state index is 12.7. The Morgan fingerprint density at radius 1 is 1.21 bits per heavy atom. The Labute approximate surface area is 179 Å². The minimum atomic E-state index is -0.391. The van der Waals surface area contributed by atoms with Crippen molar-refractivity contribution in [2.45, 2.75) is 33.6 Å². The van der Waals surface area contributed by atoms with Crippen LogP contribution in [0, 0.1) is 25.2 Å². The number of rotatable bonds is 6. The van der Waals surface area contributed by atoms with E-state index in [1.165, 1.54) is 30.0 Å². The average Bonchev–Trinajstić information content (AvgIpc) is 3.21. The molecule has 0 saturated heterocycles. The Hall–Kier alpha value is -2.62. The molecule has 148 valence electrons. The van der Waals surface area contributed by atoms with Gasteiger partial charge in [0, 0.05) is 21.7 Å². The lowest BCUT2D eigenvalue weighted by Crippen LogP contribution is -2.27. The molecular weight excluding hydrogens is 400 g/mol. The van der Waals surface area contributed by atoms with E-state index in [0.29, 0.717) is 21.7 Å². The van der Waals surface area contributed by atoms with Gasteiger partial charge < -0.3 is 5.32 Å². The van der Waals surface area contributed by atoms with Crippen molar-refractivity contribution in [2.24, 2.45) is 0 Å². The van der Waals surface area contributed by atoms with Crippen LogP contribution in [0.2, 0.25) is 0 Å². The lowest BCUT2D eigenvalue weighted by atomic mass is 9.85. The number of aryl methyl sites for hydroxylation is 2. The highest BCUT2D eigenvalue weighted by molar-refractivity contribution is 8.03. The molecule has 2 heterocycles. The molecule has 0 saturated carbocycles. The van der Waals surface area contributed by atoms with Gasteiger partial charge >= 0.3 is 0 Å². The SMILES string of the molecule is CC(=O)C1=C(C)NC(SCC(=O)c2ccc(C)c(C)c2)=C(C#N)C1c1cccs1. The molecule has 1 aromatic heterocycles. The molecule has 1 atom stereocenters. The number of hydrogen-bond donors (Lipinski definition) is 1. The first-order valence-electron chi connectivity index (χ1n) is 9.23. The Bertz CT molecular complexity index is 1070. The van der Waals surface area contributed by atoms with Crippen LogP contribution in [0.1, 0.15) is 46.1 Å². The van der Waals surface area contributed by atoms with Gasteiger partial charge in [0.05, 0.1) is 28.3 Å². The number of allylic oxidation sites excluding steroid dienone is 3. The highest BCUT2D eigenvalue weighted by Gasteiger charge is 2.33. The highest BCUT2D eigenvalue weighted by Crippen LogP contribution is 2.42. The summed E-state index contributed by atoms with van der Waals surface area (Å²) in [6.07, 6.45) is 0. The molecule has 0 radical (unpaired) electrons. The number of benzene rings is 1. The molecule has 1 aliphatic rings. The molecule has 0 bridgehead atoms. The maximum absolute atomic E-state index is 12.7. The zero-order valence-corrected chi connectivity index (χ0v) is 18.5. The summed E-state index contributed by atoms with van der Waals surface area (Å²) in [5.41, 5.74) is 4.72. The second-order valence-corrected chi connectivity index (χ2v) is 9.00. The molecule has 1 aromatic carbocycles. The van der Waals surface area contributed by atoms with Crippen LogP contribution < -0.4 is 5.32 Å². The van der Waals surface area contributed by atoms with Crippen LogP contribution in [0.3, 0.4) is 0 Å². The largest absolute Gasteiger partial charge is 0.353 e. The third kappa shape index (κ3) is 4.36. The van der Waals surface area contributed by atoms with Crippen LogP contribution in [0.4, 0.5) is 0 Å². The first kappa shape index (κ1) is 21.1. The van der Waals surface area contributed by atoms with E-state index in [0.717, 1.165) is 21.7 Å². The fourth-order valence-electron chi connectivity index (χ4n) is 3.37. The second-order valence-electron chi connectivity index (χ2n) is 7.03. The summed E-state index contributed by atoms with van der Waals surface area (Å²) in [6, 6.07) is 11.8. The zero-order valence-electron chi connectivity index (χ0n) is 16.8. The Kier molecular flexibility index (Phi) is 6.41. The van der Waals surface area contributed by atoms with Gasteiger partial charge in [-0.05, 0) is 56.3 Å². The normalized spacial score (nSPS) is 16.4. The zero-order chi connectivity index (χ0) is 21.1. The van der Waals surface area contributed by atoms with Crippen LogP contribution in [-0.4, -0.2) is 17.3 Å². The summed E-state index contributed by atoms with van der Waals surface area (Å²) in [5, 5.41) is 15.7. The van der Waals surface area contributed by atoms with E-state index in [1.54, 1.807) is 0 Å². The van der Waals surface area contributed by atoms with E-state index >= 15 is 0 Å². The molecule has 4 nitrogen and oxygen atoms in total. The molecule has 6 heteroatoms. The number of nitriles is 1. The number of Topliss-reactive ketones (excluding diaryl/α,β-unsaturated/α-hetero) is 2. The third-order valence-electron chi connectivity index (χ3n) is 5.03. The van der Waals surface area contributed by atoms with Gasteiger partial charge in [-0.15, -0.1) is 11.3 Å². The van der Waals surface area contributed by atoms with Gasteiger partial charge in [-0.2, -0.15) is 5.26 Å². The number of carbonyl (C=O) groups excluding carboxylic acids is 2. The van der Waals surface area contributed by atoms with E-state index in [2.05, 4.69) is 11.4 Å². The molecule has 29 heavy (non-hydrogen) atoms. The molecule has 0 fully saturated rings. The van der Waals surface area contributed by atoms with Gasteiger partial charge in [0.2, 0.25) is 0 Å². The van der Waals surface area contributed by atoms with Crippen molar-refractivity contribution in [3.8, 4) is 6.07 Å². The number of thiophene rings is 1. The summed E-state index contributed by atoms with van der Waals surface area (Å²) < 4.78 is 0. The predicted octanol–water partition coefficient (Wildman–Crippen LogP) is 5.27. The molecule has 1 aliphatic heterocycles. The van der Waals surface area contributed by atoms with Gasteiger partial charge in [-0.25, -0.2) is 0 Å². The molecule has 3 rings (SSSR count). The van der Waals surface area contributed by atoms with E-state index in [-0.39, 0.29) is 17.3 Å². The van der Waals surface area contributed by atoms with Crippen molar-refractivity contribution in [3.63, 3.8) is 0 Å². The fraction of sp³-hybridized carbons (Fsp3) is 0.261. The monoisotopic (exact) mass is 422 g/mol. The van der Waals surface area contributed by atoms with Crippen LogP contribution in [0.15, 0.2) is 57.6 Å². The van der Waals surface area contributed by atoms with Crippen LogP contribution in [0.25, 0.3) is 0 Å². The molecule has 0 spiro atoms. The predicted molar refractivity (Wildman–Crippen MR) is 119 cm³/mol. The standard InChI is InChI=1S/C23H22N2O2S2/c1-13-7-8-17(10-14(13)2)19(27)12-29-23-18(11-24)22(20-6-5-9-28-20)21(16(4)26)15(3)25-23/h5-10,22,25H,12H2,1-4H3. The number of thioether (sulfide) groups is 1. The molecule has 1 N–H and O–H groups in total. The van der Waals surface area contributed by atoms with Crippen molar-refractivity contribution < 1.29 is 9.59 Å². The van der Waals surface area contributed by atoms with Gasteiger partial charge in [-0.1, -0.05) is 30.0 Å². The number of ketones is 2. The van der Waals surface area contributed by atoms with Gasteiger partial charge in [-0.3, -0.25) is 9.59 Å². The molecular formula is C23H22N2O2S2. The number of nitrogens with zero attached hydrogens (tertiary/aromatic N) is 1. The Morgan fingerprint density at radius 3 is 2.55 bits per heavy atom. The average molecular weight is 423 g/mol. The minimum absolute atomic E-state index is 0.0105. The molecule has 2 aromatic rings.